The number of amides is 1. The summed E-state index contributed by atoms with van der Waals surface area (Å²) in [6.45, 7) is 1.88. The molecule has 8 heteroatoms. The summed E-state index contributed by atoms with van der Waals surface area (Å²) in [7, 11) is 0. The van der Waals surface area contributed by atoms with Crippen LogP contribution in [0.15, 0.2) is 48.5 Å². The monoisotopic (exact) mass is 392 g/mol. The van der Waals surface area contributed by atoms with Crippen LogP contribution in [0, 0.1) is 0 Å². The fourth-order valence-electron chi connectivity index (χ4n) is 3.41. The Labute approximate surface area is 160 Å². The molecular weight excluding hydrogens is 373 g/mol. The molecule has 1 amide bonds. The van der Waals surface area contributed by atoms with Crippen LogP contribution in [0.25, 0.3) is 0 Å². The number of rotatable bonds is 2. The average molecular weight is 392 g/mol. The van der Waals surface area contributed by atoms with Crippen LogP contribution in [0.2, 0.25) is 0 Å². The maximum absolute atomic E-state index is 12.9. The molecular formula is C20H19F3N2O3. The summed E-state index contributed by atoms with van der Waals surface area (Å²) in [5.41, 5.74) is -0.164. The number of hydrogen-bond donors (Lipinski definition) is 0. The average Bonchev–Trinajstić information content (AvgIpc) is 2.72. The molecule has 1 fully saturated rings. The molecule has 4 rings (SSSR count). The molecule has 0 saturated carbocycles. The minimum Gasteiger partial charge on any atom is -0.485 e. The van der Waals surface area contributed by atoms with Crippen molar-refractivity contribution in [2.45, 2.75) is 12.3 Å². The molecule has 0 N–H and O–H groups in total. The number of para-hydroxylation sites is 2. The lowest BCUT2D eigenvalue weighted by atomic mass is 10.1. The Kier molecular flexibility index (Phi) is 4.78. The minimum absolute atomic E-state index is 0.143. The van der Waals surface area contributed by atoms with Crippen molar-refractivity contribution in [3.63, 3.8) is 0 Å². The molecule has 28 heavy (non-hydrogen) atoms. The van der Waals surface area contributed by atoms with Gasteiger partial charge in [-0.15, -0.1) is 0 Å². The van der Waals surface area contributed by atoms with Gasteiger partial charge in [0.05, 0.1) is 5.56 Å². The van der Waals surface area contributed by atoms with Crippen LogP contribution in [0.1, 0.15) is 5.56 Å². The summed E-state index contributed by atoms with van der Waals surface area (Å²) in [6, 6.07) is 12.4. The van der Waals surface area contributed by atoms with E-state index in [4.69, 9.17) is 9.47 Å². The zero-order valence-electron chi connectivity index (χ0n) is 15.0. The second-order valence-electron chi connectivity index (χ2n) is 6.72. The molecule has 0 aliphatic carbocycles. The van der Waals surface area contributed by atoms with E-state index in [2.05, 4.69) is 0 Å². The fourth-order valence-corrected chi connectivity index (χ4v) is 3.41. The van der Waals surface area contributed by atoms with E-state index in [1.807, 2.05) is 17.0 Å². The smallest absolute Gasteiger partial charge is 0.416 e. The van der Waals surface area contributed by atoms with Gasteiger partial charge in [0.15, 0.2) is 11.5 Å². The molecule has 2 heterocycles. The number of ether oxygens (including phenoxy) is 2. The molecule has 0 unspecified atom stereocenters. The van der Waals surface area contributed by atoms with E-state index in [1.165, 1.54) is 6.07 Å². The van der Waals surface area contributed by atoms with Crippen molar-refractivity contribution in [2.24, 2.45) is 0 Å². The molecule has 1 atom stereocenters. The van der Waals surface area contributed by atoms with Crippen molar-refractivity contribution in [1.82, 2.24) is 4.90 Å². The van der Waals surface area contributed by atoms with Gasteiger partial charge in [-0.2, -0.15) is 13.2 Å². The van der Waals surface area contributed by atoms with Gasteiger partial charge in [-0.25, -0.2) is 0 Å². The first-order valence-electron chi connectivity index (χ1n) is 9.01. The number of alkyl halides is 3. The van der Waals surface area contributed by atoms with Crippen LogP contribution in [-0.2, 0) is 11.0 Å². The van der Waals surface area contributed by atoms with E-state index in [-0.39, 0.29) is 12.5 Å². The molecule has 5 nitrogen and oxygen atoms in total. The van der Waals surface area contributed by atoms with Crippen LogP contribution in [0.3, 0.4) is 0 Å². The number of fused-ring (bicyclic) bond motifs is 1. The highest BCUT2D eigenvalue weighted by atomic mass is 19.4. The van der Waals surface area contributed by atoms with E-state index in [1.54, 1.807) is 23.1 Å². The van der Waals surface area contributed by atoms with Gasteiger partial charge < -0.3 is 19.3 Å². The van der Waals surface area contributed by atoms with Gasteiger partial charge in [0, 0.05) is 31.9 Å². The normalized spacial score (nSPS) is 19.5. The summed E-state index contributed by atoms with van der Waals surface area (Å²) in [5.74, 6) is 0.980. The molecule has 148 valence electrons. The molecule has 2 aromatic carbocycles. The summed E-state index contributed by atoms with van der Waals surface area (Å²) in [4.78, 5) is 16.3. The van der Waals surface area contributed by atoms with E-state index in [0.29, 0.717) is 43.4 Å². The zero-order valence-corrected chi connectivity index (χ0v) is 15.0. The van der Waals surface area contributed by atoms with Crippen molar-refractivity contribution in [1.29, 1.82) is 0 Å². The molecule has 1 saturated heterocycles. The van der Waals surface area contributed by atoms with Gasteiger partial charge >= 0.3 is 6.18 Å². The summed E-state index contributed by atoms with van der Waals surface area (Å²) >= 11 is 0. The van der Waals surface area contributed by atoms with E-state index in [9.17, 15) is 18.0 Å². The number of halogens is 3. The second-order valence-corrected chi connectivity index (χ2v) is 6.72. The van der Waals surface area contributed by atoms with E-state index < -0.39 is 17.8 Å². The first-order valence-corrected chi connectivity index (χ1v) is 9.01. The van der Waals surface area contributed by atoms with Gasteiger partial charge in [0.25, 0.3) is 5.91 Å². The number of hydrogen-bond acceptors (Lipinski definition) is 4. The predicted molar refractivity (Wildman–Crippen MR) is 96.6 cm³/mol. The van der Waals surface area contributed by atoms with Crippen LogP contribution in [0.4, 0.5) is 18.9 Å². The van der Waals surface area contributed by atoms with Gasteiger partial charge in [-0.05, 0) is 30.3 Å². The number of anilines is 1. The predicted octanol–water partition coefficient (Wildman–Crippen LogP) is 3.19. The number of carbonyl (C=O) groups is 1. The third-order valence-corrected chi connectivity index (χ3v) is 4.91. The number of carbonyl (C=O) groups excluding carboxylic acids is 1. The van der Waals surface area contributed by atoms with Crippen LogP contribution in [0.5, 0.6) is 11.5 Å². The quantitative estimate of drug-likeness (QED) is 0.787. The van der Waals surface area contributed by atoms with Crippen molar-refractivity contribution >= 4 is 11.6 Å². The fraction of sp³-hybridized carbons (Fsp3) is 0.350. The first kappa shape index (κ1) is 18.5. The largest absolute Gasteiger partial charge is 0.485 e. The van der Waals surface area contributed by atoms with Gasteiger partial charge in [0.2, 0.25) is 6.10 Å². The van der Waals surface area contributed by atoms with Crippen molar-refractivity contribution in [3.8, 4) is 11.5 Å². The zero-order chi connectivity index (χ0) is 19.7. The lowest BCUT2D eigenvalue weighted by molar-refractivity contribution is -0.141. The highest BCUT2D eigenvalue weighted by Crippen LogP contribution is 2.33. The maximum Gasteiger partial charge on any atom is 0.416 e. The maximum atomic E-state index is 12.9. The Balaban J connectivity index is 1.38. The standard InChI is InChI=1S/C20H19F3N2O3/c21-20(22,23)14-4-3-5-15(12-14)24-8-10-25(11-9-24)19(26)18-13-27-16-6-1-2-7-17(16)28-18/h1-7,12,18H,8-11,13H2/t18-/m0/s1. The van der Waals surface area contributed by atoms with Gasteiger partial charge in [-0.1, -0.05) is 18.2 Å². The topological polar surface area (TPSA) is 42.0 Å². The van der Waals surface area contributed by atoms with Crippen molar-refractivity contribution < 1.29 is 27.4 Å². The Morgan fingerprint density at radius 1 is 0.964 bits per heavy atom. The van der Waals surface area contributed by atoms with Crippen molar-refractivity contribution in [3.05, 3.63) is 54.1 Å². The van der Waals surface area contributed by atoms with Gasteiger partial charge in [-0.3, -0.25) is 4.79 Å². The minimum atomic E-state index is -4.37. The van der Waals surface area contributed by atoms with Crippen LogP contribution >= 0.6 is 0 Å². The molecule has 2 aromatic rings. The van der Waals surface area contributed by atoms with E-state index in [0.717, 1.165) is 12.1 Å². The van der Waals surface area contributed by atoms with Gasteiger partial charge in [0.1, 0.15) is 6.61 Å². The second kappa shape index (κ2) is 7.26. The van der Waals surface area contributed by atoms with Crippen LogP contribution < -0.4 is 14.4 Å². The number of nitrogens with zero attached hydrogens (tertiary/aromatic N) is 2. The number of piperazine rings is 1. The number of benzene rings is 2. The third kappa shape index (κ3) is 3.72. The highest BCUT2D eigenvalue weighted by Gasteiger charge is 2.34. The molecule has 0 bridgehead atoms. The molecule has 2 aliphatic heterocycles. The summed E-state index contributed by atoms with van der Waals surface area (Å²) in [6.07, 6.45) is -5.09. The summed E-state index contributed by atoms with van der Waals surface area (Å²) in [5, 5.41) is 0. The molecule has 0 spiro atoms. The lowest BCUT2D eigenvalue weighted by Crippen LogP contribution is -2.54. The SMILES string of the molecule is O=C([C@@H]1COc2ccccc2O1)N1CCN(c2cccc(C(F)(F)F)c2)CC1. The van der Waals surface area contributed by atoms with E-state index >= 15 is 0 Å². The Hall–Kier alpha value is -2.90. The first-order chi connectivity index (χ1) is 13.4. The molecule has 2 aliphatic rings. The Bertz CT molecular complexity index is 864. The molecule has 0 aromatic heterocycles. The van der Waals surface area contributed by atoms with Crippen molar-refractivity contribution in [2.75, 3.05) is 37.7 Å². The highest BCUT2D eigenvalue weighted by molar-refractivity contribution is 5.82. The Morgan fingerprint density at radius 2 is 1.68 bits per heavy atom. The lowest BCUT2D eigenvalue weighted by Gasteiger charge is -2.38. The third-order valence-electron chi connectivity index (χ3n) is 4.91. The summed E-state index contributed by atoms with van der Waals surface area (Å²) < 4.78 is 50.1. The Morgan fingerprint density at radius 3 is 2.39 bits per heavy atom. The van der Waals surface area contributed by atoms with Crippen LogP contribution in [-0.4, -0.2) is 49.7 Å². The molecule has 0 radical (unpaired) electrons.